The van der Waals surface area contributed by atoms with E-state index in [-0.39, 0.29) is 5.91 Å². The number of carbonyl (C=O) groups excluding carboxylic acids is 1. The van der Waals surface area contributed by atoms with Gasteiger partial charge in [0.15, 0.2) is 0 Å². The molecule has 0 bridgehead atoms. The normalized spacial score (nSPS) is 21.6. The molecule has 1 aliphatic heterocycles. The SMILES string of the molecule is CC(=O)NCCNCC1CCN(C(C)C)C1. The number of carbonyl (C=O) groups is 1. The van der Waals surface area contributed by atoms with E-state index >= 15 is 0 Å². The summed E-state index contributed by atoms with van der Waals surface area (Å²) >= 11 is 0. The van der Waals surface area contributed by atoms with Crippen LogP contribution in [-0.2, 0) is 4.79 Å². The predicted molar refractivity (Wildman–Crippen MR) is 66.4 cm³/mol. The molecule has 1 rings (SSSR count). The number of nitrogens with zero attached hydrogens (tertiary/aromatic N) is 1. The van der Waals surface area contributed by atoms with Gasteiger partial charge in [0.1, 0.15) is 0 Å². The van der Waals surface area contributed by atoms with E-state index in [2.05, 4.69) is 29.4 Å². The van der Waals surface area contributed by atoms with Crippen LogP contribution in [0.1, 0.15) is 27.2 Å². The minimum absolute atomic E-state index is 0.0497. The maximum Gasteiger partial charge on any atom is 0.216 e. The van der Waals surface area contributed by atoms with Gasteiger partial charge in [-0.15, -0.1) is 0 Å². The van der Waals surface area contributed by atoms with Crippen molar-refractivity contribution in [1.82, 2.24) is 15.5 Å². The summed E-state index contributed by atoms with van der Waals surface area (Å²) in [4.78, 5) is 13.2. The minimum Gasteiger partial charge on any atom is -0.355 e. The Morgan fingerprint density at radius 1 is 1.44 bits per heavy atom. The van der Waals surface area contributed by atoms with E-state index in [0.717, 1.165) is 25.6 Å². The molecule has 0 aromatic rings. The van der Waals surface area contributed by atoms with Gasteiger partial charge in [0.25, 0.3) is 0 Å². The van der Waals surface area contributed by atoms with Crippen molar-refractivity contribution < 1.29 is 4.79 Å². The molecule has 0 radical (unpaired) electrons. The molecule has 1 aliphatic rings. The molecule has 2 N–H and O–H groups in total. The third kappa shape index (κ3) is 4.94. The summed E-state index contributed by atoms with van der Waals surface area (Å²) in [6.07, 6.45) is 1.30. The van der Waals surface area contributed by atoms with Crippen LogP contribution < -0.4 is 10.6 Å². The third-order valence-corrected chi connectivity index (χ3v) is 3.16. The fraction of sp³-hybridized carbons (Fsp3) is 0.917. The molecule has 0 saturated carbocycles. The number of amides is 1. The number of rotatable bonds is 6. The standard InChI is InChI=1S/C12H25N3O/c1-10(2)15-7-4-12(9-15)8-13-5-6-14-11(3)16/h10,12-13H,4-9H2,1-3H3,(H,14,16). The summed E-state index contributed by atoms with van der Waals surface area (Å²) in [5.41, 5.74) is 0. The van der Waals surface area contributed by atoms with Crippen molar-refractivity contribution in [3.05, 3.63) is 0 Å². The lowest BCUT2D eigenvalue weighted by atomic mass is 10.1. The molecular formula is C12H25N3O. The van der Waals surface area contributed by atoms with E-state index in [1.54, 1.807) is 6.92 Å². The predicted octanol–water partition coefficient (Wildman–Crippen LogP) is 0.442. The molecule has 4 heteroatoms. The summed E-state index contributed by atoms with van der Waals surface area (Å²) in [5.74, 6) is 0.827. The van der Waals surface area contributed by atoms with Crippen molar-refractivity contribution in [3.8, 4) is 0 Å². The number of likely N-dealkylation sites (tertiary alicyclic amines) is 1. The van der Waals surface area contributed by atoms with Gasteiger partial charge in [-0.3, -0.25) is 4.79 Å². The zero-order valence-electron chi connectivity index (χ0n) is 10.8. The maximum absolute atomic E-state index is 10.6. The summed E-state index contributed by atoms with van der Waals surface area (Å²) < 4.78 is 0. The molecular weight excluding hydrogens is 202 g/mol. The molecule has 1 fully saturated rings. The number of hydrogen-bond donors (Lipinski definition) is 2. The van der Waals surface area contributed by atoms with Crippen LogP contribution in [0.4, 0.5) is 0 Å². The summed E-state index contributed by atoms with van der Waals surface area (Å²) in [7, 11) is 0. The summed E-state index contributed by atoms with van der Waals surface area (Å²) in [6.45, 7) is 11.2. The van der Waals surface area contributed by atoms with E-state index < -0.39 is 0 Å². The van der Waals surface area contributed by atoms with E-state index in [1.807, 2.05) is 0 Å². The Bertz CT molecular complexity index is 218. The van der Waals surface area contributed by atoms with Crippen LogP contribution in [0.25, 0.3) is 0 Å². The van der Waals surface area contributed by atoms with Gasteiger partial charge in [-0.1, -0.05) is 0 Å². The smallest absolute Gasteiger partial charge is 0.216 e. The summed E-state index contributed by atoms with van der Waals surface area (Å²) in [5, 5.41) is 6.19. The van der Waals surface area contributed by atoms with Gasteiger partial charge in [0, 0.05) is 32.6 Å². The van der Waals surface area contributed by atoms with Gasteiger partial charge in [0.05, 0.1) is 0 Å². The van der Waals surface area contributed by atoms with Crippen molar-refractivity contribution in [2.75, 3.05) is 32.7 Å². The lowest BCUT2D eigenvalue weighted by molar-refractivity contribution is -0.118. The molecule has 0 aromatic heterocycles. The maximum atomic E-state index is 10.6. The lowest BCUT2D eigenvalue weighted by Gasteiger charge is -2.20. The molecule has 16 heavy (non-hydrogen) atoms. The fourth-order valence-corrected chi connectivity index (χ4v) is 2.13. The fourth-order valence-electron chi connectivity index (χ4n) is 2.13. The topological polar surface area (TPSA) is 44.4 Å². The van der Waals surface area contributed by atoms with Crippen molar-refractivity contribution in [3.63, 3.8) is 0 Å². The van der Waals surface area contributed by atoms with Gasteiger partial charge < -0.3 is 15.5 Å². The molecule has 1 unspecified atom stereocenters. The van der Waals surface area contributed by atoms with Crippen LogP contribution in [-0.4, -0.2) is 49.6 Å². The second-order valence-corrected chi connectivity index (χ2v) is 4.93. The molecule has 1 heterocycles. The average molecular weight is 227 g/mol. The van der Waals surface area contributed by atoms with Crippen molar-refractivity contribution in [2.45, 2.75) is 33.2 Å². The van der Waals surface area contributed by atoms with Gasteiger partial charge in [-0.05, 0) is 39.3 Å². The van der Waals surface area contributed by atoms with Crippen LogP contribution in [0.3, 0.4) is 0 Å². The zero-order valence-corrected chi connectivity index (χ0v) is 10.8. The Morgan fingerprint density at radius 2 is 2.19 bits per heavy atom. The Hall–Kier alpha value is -0.610. The quantitative estimate of drug-likeness (QED) is 0.647. The molecule has 0 aliphatic carbocycles. The van der Waals surface area contributed by atoms with Crippen molar-refractivity contribution >= 4 is 5.91 Å². The lowest BCUT2D eigenvalue weighted by Crippen LogP contribution is -2.34. The molecule has 0 spiro atoms. The molecule has 1 atom stereocenters. The Kier molecular flexibility index (Phi) is 5.77. The van der Waals surface area contributed by atoms with E-state index in [9.17, 15) is 4.79 Å². The molecule has 1 amide bonds. The first kappa shape index (κ1) is 13.5. The Labute approximate surface area is 98.8 Å². The van der Waals surface area contributed by atoms with Gasteiger partial charge >= 0.3 is 0 Å². The van der Waals surface area contributed by atoms with Crippen LogP contribution in [0.5, 0.6) is 0 Å². The van der Waals surface area contributed by atoms with Crippen LogP contribution >= 0.6 is 0 Å². The average Bonchev–Trinajstić information content (AvgIpc) is 2.65. The van der Waals surface area contributed by atoms with E-state index in [1.165, 1.54) is 19.5 Å². The Morgan fingerprint density at radius 3 is 2.75 bits per heavy atom. The summed E-state index contributed by atoms with van der Waals surface area (Å²) in [6, 6.07) is 0.671. The largest absolute Gasteiger partial charge is 0.355 e. The molecule has 1 saturated heterocycles. The highest BCUT2D eigenvalue weighted by Crippen LogP contribution is 2.17. The van der Waals surface area contributed by atoms with Crippen molar-refractivity contribution in [1.29, 1.82) is 0 Å². The van der Waals surface area contributed by atoms with Crippen LogP contribution in [0.15, 0.2) is 0 Å². The monoisotopic (exact) mass is 227 g/mol. The highest BCUT2D eigenvalue weighted by Gasteiger charge is 2.23. The Balaban J connectivity index is 2.00. The first-order valence-corrected chi connectivity index (χ1v) is 6.28. The number of nitrogens with one attached hydrogen (secondary N) is 2. The van der Waals surface area contributed by atoms with Gasteiger partial charge in [0.2, 0.25) is 5.91 Å². The molecule has 0 aromatic carbocycles. The van der Waals surface area contributed by atoms with E-state index in [0.29, 0.717) is 6.04 Å². The van der Waals surface area contributed by atoms with E-state index in [4.69, 9.17) is 0 Å². The minimum atomic E-state index is 0.0497. The van der Waals surface area contributed by atoms with Crippen LogP contribution in [0, 0.1) is 5.92 Å². The second kappa shape index (κ2) is 6.86. The highest BCUT2D eigenvalue weighted by molar-refractivity contribution is 5.72. The zero-order chi connectivity index (χ0) is 12.0. The molecule has 94 valence electrons. The third-order valence-electron chi connectivity index (χ3n) is 3.16. The van der Waals surface area contributed by atoms with Gasteiger partial charge in [-0.25, -0.2) is 0 Å². The first-order chi connectivity index (χ1) is 7.59. The van der Waals surface area contributed by atoms with Crippen molar-refractivity contribution in [2.24, 2.45) is 5.92 Å². The second-order valence-electron chi connectivity index (χ2n) is 4.93. The number of hydrogen-bond acceptors (Lipinski definition) is 3. The highest BCUT2D eigenvalue weighted by atomic mass is 16.1. The van der Waals surface area contributed by atoms with Crippen LogP contribution in [0.2, 0.25) is 0 Å². The first-order valence-electron chi connectivity index (χ1n) is 6.28. The van der Waals surface area contributed by atoms with Gasteiger partial charge in [-0.2, -0.15) is 0 Å². The molecule has 4 nitrogen and oxygen atoms in total.